The van der Waals surface area contributed by atoms with Crippen molar-refractivity contribution >= 4 is 0 Å². The normalized spacial score (nSPS) is 11.1. The van der Waals surface area contributed by atoms with E-state index in [1.807, 2.05) is 40.0 Å². The summed E-state index contributed by atoms with van der Waals surface area (Å²) in [7, 11) is 0. The van der Waals surface area contributed by atoms with Crippen LogP contribution in [0.25, 0.3) is 22.5 Å². The summed E-state index contributed by atoms with van der Waals surface area (Å²) in [5.41, 5.74) is 14.7. The van der Waals surface area contributed by atoms with Gasteiger partial charge in [-0.05, 0) is 32.0 Å². The molecule has 0 bridgehead atoms. The third kappa shape index (κ3) is 3.84. The molecule has 0 aliphatic carbocycles. The van der Waals surface area contributed by atoms with E-state index in [1.54, 1.807) is 0 Å². The van der Waals surface area contributed by atoms with Crippen LogP contribution in [-0.4, -0.2) is 43.1 Å². The van der Waals surface area contributed by atoms with Gasteiger partial charge in [-0.15, -0.1) is 10.2 Å². The second kappa shape index (κ2) is 7.80. The molecule has 0 amide bonds. The molecule has 0 unspecified atom stereocenters. The number of aromatic nitrogens is 6. The number of nitrogens with two attached hydrogens (primary N) is 2. The monoisotopic (exact) mass is 326 g/mol. The molecule has 3 rings (SSSR count). The summed E-state index contributed by atoms with van der Waals surface area (Å²) in [5, 5.41) is 16.7. The summed E-state index contributed by atoms with van der Waals surface area (Å²) < 4.78 is 3.63. The van der Waals surface area contributed by atoms with E-state index in [9.17, 15) is 0 Å². The van der Waals surface area contributed by atoms with E-state index in [2.05, 4.69) is 26.7 Å². The molecular weight excluding hydrogens is 304 g/mol. The lowest BCUT2D eigenvalue weighted by Gasteiger charge is -2.00. The van der Waals surface area contributed by atoms with Gasteiger partial charge in [0.15, 0.2) is 0 Å². The maximum atomic E-state index is 5.53. The lowest BCUT2D eigenvalue weighted by molar-refractivity contribution is 0.564. The van der Waals surface area contributed by atoms with Gasteiger partial charge in [0.1, 0.15) is 11.4 Å². The Kier molecular flexibility index (Phi) is 5.29. The number of rotatable bonds is 8. The van der Waals surface area contributed by atoms with Gasteiger partial charge in [0, 0.05) is 24.2 Å². The van der Waals surface area contributed by atoms with Gasteiger partial charge in [-0.2, -0.15) is 0 Å². The fourth-order valence-corrected chi connectivity index (χ4v) is 2.42. The van der Waals surface area contributed by atoms with E-state index in [4.69, 9.17) is 11.5 Å². The predicted octanol–water partition coefficient (Wildman–Crippen LogP) is 0.901. The van der Waals surface area contributed by atoms with Crippen LogP contribution in [0, 0.1) is 0 Å². The highest BCUT2D eigenvalue weighted by Gasteiger charge is 2.08. The quantitative estimate of drug-likeness (QED) is 0.636. The lowest BCUT2D eigenvalue weighted by atomic mass is 10.1. The zero-order valence-corrected chi connectivity index (χ0v) is 13.5. The molecule has 0 spiro atoms. The third-order valence-electron chi connectivity index (χ3n) is 3.71. The first kappa shape index (κ1) is 16.3. The Labute approximate surface area is 140 Å². The molecule has 8 heteroatoms. The summed E-state index contributed by atoms with van der Waals surface area (Å²) in [6.45, 7) is 2.84. The second-order valence-electron chi connectivity index (χ2n) is 5.60. The number of nitrogens with zero attached hydrogens (tertiary/aromatic N) is 6. The smallest absolute Gasteiger partial charge is 0.113 e. The maximum Gasteiger partial charge on any atom is 0.113 e. The molecule has 0 atom stereocenters. The van der Waals surface area contributed by atoms with Crippen molar-refractivity contribution in [1.82, 2.24) is 30.0 Å². The molecule has 1 aromatic carbocycles. The summed E-state index contributed by atoms with van der Waals surface area (Å²) in [5.74, 6) is 0. The van der Waals surface area contributed by atoms with E-state index >= 15 is 0 Å². The van der Waals surface area contributed by atoms with Crippen molar-refractivity contribution in [1.29, 1.82) is 0 Å². The molecule has 0 fully saturated rings. The van der Waals surface area contributed by atoms with Crippen LogP contribution < -0.4 is 11.5 Å². The molecule has 0 saturated carbocycles. The topological polar surface area (TPSA) is 113 Å². The number of hydrogen-bond acceptors (Lipinski definition) is 6. The molecule has 0 radical (unpaired) electrons. The van der Waals surface area contributed by atoms with E-state index in [0.29, 0.717) is 13.1 Å². The zero-order valence-electron chi connectivity index (χ0n) is 13.5. The molecule has 0 saturated heterocycles. The molecule has 2 heterocycles. The standard InChI is InChI=1S/C16H22N8/c17-6-2-8-23-11-15(19-21-23)13-4-1-5-14(10-13)16-12-24(22-20-16)9-3-7-18/h1,4-5,10-12H,2-3,6-9,17-18H2. The highest BCUT2D eigenvalue weighted by molar-refractivity contribution is 5.68. The largest absolute Gasteiger partial charge is 0.330 e. The van der Waals surface area contributed by atoms with Crippen molar-refractivity contribution in [2.75, 3.05) is 13.1 Å². The van der Waals surface area contributed by atoms with Crippen LogP contribution in [0.5, 0.6) is 0 Å². The first-order valence-electron chi connectivity index (χ1n) is 8.11. The van der Waals surface area contributed by atoms with Gasteiger partial charge in [-0.25, -0.2) is 0 Å². The van der Waals surface area contributed by atoms with Crippen molar-refractivity contribution in [3.63, 3.8) is 0 Å². The number of benzene rings is 1. The summed E-state index contributed by atoms with van der Waals surface area (Å²) in [6, 6.07) is 8.07. The van der Waals surface area contributed by atoms with Gasteiger partial charge >= 0.3 is 0 Å². The molecule has 3 aromatic rings. The van der Waals surface area contributed by atoms with Crippen LogP contribution in [0.3, 0.4) is 0 Å². The lowest BCUT2D eigenvalue weighted by Crippen LogP contribution is -2.06. The SMILES string of the molecule is NCCCn1cc(-c2cccc(-c3cn(CCCN)nn3)c2)nn1. The maximum absolute atomic E-state index is 5.53. The van der Waals surface area contributed by atoms with E-state index in [0.717, 1.165) is 48.4 Å². The zero-order chi connectivity index (χ0) is 16.8. The fraction of sp³-hybridized carbons (Fsp3) is 0.375. The first-order valence-corrected chi connectivity index (χ1v) is 8.11. The van der Waals surface area contributed by atoms with Crippen molar-refractivity contribution in [2.24, 2.45) is 11.5 Å². The number of hydrogen-bond donors (Lipinski definition) is 2. The Hall–Kier alpha value is -2.58. The van der Waals surface area contributed by atoms with Gasteiger partial charge in [0.25, 0.3) is 0 Å². The summed E-state index contributed by atoms with van der Waals surface area (Å²) in [4.78, 5) is 0. The van der Waals surface area contributed by atoms with Crippen LogP contribution in [0.4, 0.5) is 0 Å². The highest BCUT2D eigenvalue weighted by Crippen LogP contribution is 2.23. The Bertz CT molecular complexity index is 714. The Balaban J connectivity index is 1.78. The molecular formula is C16H22N8. The van der Waals surface area contributed by atoms with E-state index in [-0.39, 0.29) is 0 Å². The van der Waals surface area contributed by atoms with Crippen molar-refractivity contribution in [3.8, 4) is 22.5 Å². The molecule has 4 N–H and O–H groups in total. The highest BCUT2D eigenvalue weighted by atomic mass is 15.4. The van der Waals surface area contributed by atoms with Gasteiger partial charge in [-0.1, -0.05) is 28.6 Å². The average Bonchev–Trinajstić information content (AvgIpc) is 3.28. The van der Waals surface area contributed by atoms with E-state index in [1.165, 1.54) is 0 Å². The van der Waals surface area contributed by atoms with Crippen molar-refractivity contribution in [2.45, 2.75) is 25.9 Å². The third-order valence-corrected chi connectivity index (χ3v) is 3.71. The number of aryl methyl sites for hydroxylation is 2. The van der Waals surface area contributed by atoms with Gasteiger partial charge in [0.2, 0.25) is 0 Å². The minimum atomic E-state index is 0.643. The molecule has 8 nitrogen and oxygen atoms in total. The first-order chi connectivity index (χ1) is 11.8. The Morgan fingerprint density at radius 3 is 1.75 bits per heavy atom. The van der Waals surface area contributed by atoms with Gasteiger partial charge in [0.05, 0.1) is 12.4 Å². The Morgan fingerprint density at radius 2 is 1.29 bits per heavy atom. The minimum Gasteiger partial charge on any atom is -0.330 e. The van der Waals surface area contributed by atoms with Gasteiger partial charge < -0.3 is 11.5 Å². The van der Waals surface area contributed by atoms with Crippen LogP contribution in [0.2, 0.25) is 0 Å². The molecule has 0 aliphatic heterocycles. The molecule has 126 valence electrons. The van der Waals surface area contributed by atoms with Gasteiger partial charge in [-0.3, -0.25) is 9.36 Å². The van der Waals surface area contributed by atoms with Crippen molar-refractivity contribution < 1.29 is 0 Å². The van der Waals surface area contributed by atoms with Crippen LogP contribution in [0.15, 0.2) is 36.7 Å². The second-order valence-corrected chi connectivity index (χ2v) is 5.60. The van der Waals surface area contributed by atoms with Crippen LogP contribution in [-0.2, 0) is 13.1 Å². The fourth-order valence-electron chi connectivity index (χ4n) is 2.42. The molecule has 2 aromatic heterocycles. The molecule has 0 aliphatic rings. The minimum absolute atomic E-state index is 0.643. The van der Waals surface area contributed by atoms with Crippen molar-refractivity contribution in [3.05, 3.63) is 36.7 Å². The predicted molar refractivity (Wildman–Crippen MR) is 91.8 cm³/mol. The average molecular weight is 326 g/mol. The van der Waals surface area contributed by atoms with E-state index < -0.39 is 0 Å². The van der Waals surface area contributed by atoms with Crippen LogP contribution in [0.1, 0.15) is 12.8 Å². The summed E-state index contributed by atoms with van der Waals surface area (Å²) in [6.07, 6.45) is 5.64. The summed E-state index contributed by atoms with van der Waals surface area (Å²) >= 11 is 0. The molecule has 24 heavy (non-hydrogen) atoms. The Morgan fingerprint density at radius 1 is 0.792 bits per heavy atom. The van der Waals surface area contributed by atoms with Crippen LogP contribution >= 0.6 is 0 Å².